The summed E-state index contributed by atoms with van der Waals surface area (Å²) < 4.78 is 0. The summed E-state index contributed by atoms with van der Waals surface area (Å²) in [5.74, 6) is 0.878. The first-order valence-corrected chi connectivity index (χ1v) is 6.48. The van der Waals surface area contributed by atoms with Crippen molar-refractivity contribution in [1.82, 2.24) is 10.2 Å². The maximum absolute atomic E-state index is 3.47. The maximum Gasteiger partial charge on any atom is 0.0101 e. The molecular formula is C13H30N2. The lowest BCUT2D eigenvalue weighted by Gasteiger charge is -2.10. The smallest absolute Gasteiger partial charge is 0.0101 e. The molecule has 15 heavy (non-hydrogen) atoms. The molecule has 0 radical (unpaired) electrons. The van der Waals surface area contributed by atoms with Crippen LogP contribution in [-0.4, -0.2) is 38.6 Å². The summed E-state index contributed by atoms with van der Waals surface area (Å²) in [6.07, 6.45) is 6.95. The molecule has 0 atom stereocenters. The van der Waals surface area contributed by atoms with Crippen LogP contribution in [0.5, 0.6) is 0 Å². The van der Waals surface area contributed by atoms with Gasteiger partial charge in [0.05, 0.1) is 0 Å². The molecule has 0 saturated carbocycles. The molecule has 0 aromatic rings. The maximum atomic E-state index is 3.47. The van der Waals surface area contributed by atoms with Gasteiger partial charge in [-0.2, -0.15) is 0 Å². The number of nitrogens with one attached hydrogen (secondary N) is 1. The Kier molecular flexibility index (Phi) is 10.4. The minimum absolute atomic E-state index is 0.878. The molecule has 92 valence electrons. The van der Waals surface area contributed by atoms with Gasteiger partial charge in [-0.15, -0.1) is 0 Å². The van der Waals surface area contributed by atoms with E-state index in [1.807, 2.05) is 0 Å². The fraction of sp³-hybridized carbons (Fsp3) is 1.00. The summed E-state index contributed by atoms with van der Waals surface area (Å²) >= 11 is 0. The molecule has 0 aliphatic heterocycles. The van der Waals surface area contributed by atoms with E-state index in [1.165, 1.54) is 38.6 Å². The predicted octanol–water partition coefficient (Wildman–Crippen LogP) is 2.74. The molecule has 0 aliphatic rings. The first-order valence-electron chi connectivity index (χ1n) is 6.48. The molecule has 0 amide bonds. The van der Waals surface area contributed by atoms with Crippen LogP contribution in [0.2, 0.25) is 0 Å². The van der Waals surface area contributed by atoms with Gasteiger partial charge in [0.25, 0.3) is 0 Å². The van der Waals surface area contributed by atoms with E-state index in [1.54, 1.807) is 0 Å². The summed E-state index contributed by atoms with van der Waals surface area (Å²) in [4.78, 5) is 2.22. The minimum Gasteiger partial charge on any atom is -0.315 e. The van der Waals surface area contributed by atoms with Crippen molar-refractivity contribution in [3.05, 3.63) is 0 Å². The number of nitrogens with zero attached hydrogens (tertiary/aromatic N) is 1. The summed E-state index contributed by atoms with van der Waals surface area (Å²) in [5.41, 5.74) is 0. The zero-order valence-electron chi connectivity index (χ0n) is 11.2. The largest absolute Gasteiger partial charge is 0.315 e. The van der Waals surface area contributed by atoms with Gasteiger partial charge in [-0.1, -0.05) is 39.5 Å². The molecule has 0 spiro atoms. The standard InChI is InChI=1S/C13H30N2/c1-13(2)9-7-5-6-8-10-14-11-12-15(3)4/h13-14H,5-12H2,1-4H3. The first kappa shape index (κ1) is 14.9. The minimum atomic E-state index is 0.878. The summed E-state index contributed by atoms with van der Waals surface area (Å²) in [5, 5.41) is 3.47. The molecule has 2 heteroatoms. The highest BCUT2D eigenvalue weighted by molar-refractivity contribution is 4.52. The fourth-order valence-electron chi connectivity index (χ4n) is 1.58. The van der Waals surface area contributed by atoms with Crippen molar-refractivity contribution < 1.29 is 0 Å². The number of hydrogen-bond acceptors (Lipinski definition) is 2. The van der Waals surface area contributed by atoms with Crippen molar-refractivity contribution in [2.24, 2.45) is 5.92 Å². The van der Waals surface area contributed by atoms with Crippen LogP contribution in [0, 0.1) is 5.92 Å². The average molecular weight is 214 g/mol. The molecule has 0 fully saturated rings. The van der Waals surface area contributed by atoms with Crippen LogP contribution in [0.4, 0.5) is 0 Å². The van der Waals surface area contributed by atoms with Gasteiger partial charge in [-0.3, -0.25) is 0 Å². The Morgan fingerprint density at radius 3 is 2.20 bits per heavy atom. The third-order valence-corrected chi connectivity index (χ3v) is 2.62. The Hall–Kier alpha value is -0.0800. The molecular weight excluding hydrogens is 184 g/mol. The normalized spacial score (nSPS) is 11.6. The van der Waals surface area contributed by atoms with E-state index in [0.717, 1.165) is 19.0 Å². The SMILES string of the molecule is CC(C)CCCCCCNCCN(C)C. The van der Waals surface area contributed by atoms with Crippen LogP contribution in [0.1, 0.15) is 46.0 Å². The Bertz CT molecular complexity index is 108. The second-order valence-corrected chi connectivity index (χ2v) is 5.15. The zero-order valence-corrected chi connectivity index (χ0v) is 11.2. The van der Waals surface area contributed by atoms with Gasteiger partial charge in [0.2, 0.25) is 0 Å². The summed E-state index contributed by atoms with van der Waals surface area (Å²) in [6.45, 7) is 8.08. The molecule has 0 aliphatic carbocycles. The third-order valence-electron chi connectivity index (χ3n) is 2.62. The molecule has 0 rings (SSSR count). The Morgan fingerprint density at radius 2 is 1.60 bits per heavy atom. The molecule has 0 aromatic carbocycles. The topological polar surface area (TPSA) is 15.3 Å². The monoisotopic (exact) mass is 214 g/mol. The lowest BCUT2D eigenvalue weighted by molar-refractivity contribution is 0.398. The molecule has 0 heterocycles. The van der Waals surface area contributed by atoms with E-state index >= 15 is 0 Å². The van der Waals surface area contributed by atoms with Crippen LogP contribution >= 0.6 is 0 Å². The van der Waals surface area contributed by atoms with Crippen LogP contribution in [0.15, 0.2) is 0 Å². The highest BCUT2D eigenvalue weighted by Gasteiger charge is 1.94. The number of likely N-dealkylation sites (N-methyl/N-ethyl adjacent to an activating group) is 1. The van der Waals surface area contributed by atoms with E-state index in [-0.39, 0.29) is 0 Å². The van der Waals surface area contributed by atoms with Crippen molar-refractivity contribution in [2.45, 2.75) is 46.0 Å². The lowest BCUT2D eigenvalue weighted by atomic mass is 10.0. The van der Waals surface area contributed by atoms with Gasteiger partial charge in [0, 0.05) is 13.1 Å². The number of hydrogen-bond donors (Lipinski definition) is 1. The quantitative estimate of drug-likeness (QED) is 0.563. The van der Waals surface area contributed by atoms with E-state index in [0.29, 0.717) is 0 Å². The van der Waals surface area contributed by atoms with Gasteiger partial charge in [-0.25, -0.2) is 0 Å². The third kappa shape index (κ3) is 13.9. The van der Waals surface area contributed by atoms with Gasteiger partial charge < -0.3 is 10.2 Å². The Labute approximate surface area is 96.4 Å². The Morgan fingerprint density at radius 1 is 0.933 bits per heavy atom. The van der Waals surface area contributed by atoms with Gasteiger partial charge >= 0.3 is 0 Å². The predicted molar refractivity (Wildman–Crippen MR) is 69.3 cm³/mol. The van der Waals surface area contributed by atoms with Crippen molar-refractivity contribution in [1.29, 1.82) is 0 Å². The molecule has 0 bridgehead atoms. The van der Waals surface area contributed by atoms with E-state index in [4.69, 9.17) is 0 Å². The fourth-order valence-corrected chi connectivity index (χ4v) is 1.58. The van der Waals surface area contributed by atoms with Crippen molar-refractivity contribution in [3.8, 4) is 0 Å². The number of rotatable bonds is 10. The van der Waals surface area contributed by atoms with Crippen LogP contribution in [0.25, 0.3) is 0 Å². The van der Waals surface area contributed by atoms with Gasteiger partial charge in [0.15, 0.2) is 0 Å². The highest BCUT2D eigenvalue weighted by atomic mass is 15.1. The zero-order chi connectivity index (χ0) is 11.5. The van der Waals surface area contributed by atoms with Gasteiger partial charge in [-0.05, 0) is 33.0 Å². The van der Waals surface area contributed by atoms with E-state index in [9.17, 15) is 0 Å². The molecule has 0 unspecified atom stereocenters. The molecule has 1 N–H and O–H groups in total. The average Bonchev–Trinajstić information content (AvgIpc) is 2.14. The molecule has 0 aromatic heterocycles. The van der Waals surface area contributed by atoms with Crippen molar-refractivity contribution in [2.75, 3.05) is 33.7 Å². The summed E-state index contributed by atoms with van der Waals surface area (Å²) in [7, 11) is 4.24. The number of unbranched alkanes of at least 4 members (excludes halogenated alkanes) is 3. The van der Waals surface area contributed by atoms with Crippen LogP contribution in [-0.2, 0) is 0 Å². The lowest BCUT2D eigenvalue weighted by Crippen LogP contribution is -2.27. The molecule has 0 saturated heterocycles. The molecule has 2 nitrogen and oxygen atoms in total. The van der Waals surface area contributed by atoms with Crippen LogP contribution in [0.3, 0.4) is 0 Å². The Balaban J connectivity index is 2.93. The summed E-state index contributed by atoms with van der Waals surface area (Å²) in [6, 6.07) is 0. The van der Waals surface area contributed by atoms with Gasteiger partial charge in [0.1, 0.15) is 0 Å². The second kappa shape index (κ2) is 10.4. The van der Waals surface area contributed by atoms with E-state index < -0.39 is 0 Å². The highest BCUT2D eigenvalue weighted by Crippen LogP contribution is 2.08. The first-order chi connectivity index (χ1) is 7.13. The van der Waals surface area contributed by atoms with E-state index in [2.05, 4.69) is 38.2 Å². The van der Waals surface area contributed by atoms with Crippen LogP contribution < -0.4 is 5.32 Å². The van der Waals surface area contributed by atoms with Crippen molar-refractivity contribution >= 4 is 0 Å². The van der Waals surface area contributed by atoms with Crippen molar-refractivity contribution in [3.63, 3.8) is 0 Å². The second-order valence-electron chi connectivity index (χ2n) is 5.15.